The lowest BCUT2D eigenvalue weighted by Crippen LogP contribution is -2.51. The third-order valence-electron chi connectivity index (χ3n) is 2.70. The molecule has 0 aliphatic rings. The maximum absolute atomic E-state index is 12.0. The summed E-state index contributed by atoms with van der Waals surface area (Å²) in [7, 11) is 0. The van der Waals surface area contributed by atoms with Crippen LogP contribution in [0.5, 0.6) is 0 Å². The molecule has 5 nitrogen and oxygen atoms in total. The van der Waals surface area contributed by atoms with Crippen LogP contribution >= 0.6 is 34.8 Å². The van der Waals surface area contributed by atoms with E-state index in [4.69, 9.17) is 39.9 Å². The monoisotopic (exact) mass is 324 g/mol. The van der Waals surface area contributed by atoms with E-state index in [2.05, 4.69) is 10.3 Å². The van der Waals surface area contributed by atoms with E-state index in [1.54, 1.807) is 6.92 Å². The normalized spacial score (nSPS) is 13.7. The van der Waals surface area contributed by atoms with E-state index in [0.29, 0.717) is 0 Å². The summed E-state index contributed by atoms with van der Waals surface area (Å²) >= 11 is 17.3. The number of rotatable bonds is 4. The Kier molecular flexibility index (Phi) is 5.01. The SMILES string of the molecule is CCC(C)(NC(=O)c1ncc(Cl)c(Cl)c1Cl)C(=O)O. The smallest absolute Gasteiger partial charge is 0.329 e. The highest BCUT2D eigenvalue weighted by Gasteiger charge is 2.34. The van der Waals surface area contributed by atoms with Crippen molar-refractivity contribution in [2.24, 2.45) is 0 Å². The highest BCUT2D eigenvalue weighted by Crippen LogP contribution is 2.31. The fraction of sp³-hybridized carbons (Fsp3) is 0.364. The van der Waals surface area contributed by atoms with E-state index in [1.807, 2.05) is 0 Å². The second-order valence-electron chi connectivity index (χ2n) is 4.03. The first-order chi connectivity index (χ1) is 8.73. The molecule has 1 aromatic rings. The Bertz CT molecular complexity index is 536. The van der Waals surface area contributed by atoms with Gasteiger partial charge in [0.05, 0.1) is 15.1 Å². The lowest BCUT2D eigenvalue weighted by Gasteiger charge is -2.24. The van der Waals surface area contributed by atoms with Crippen LogP contribution in [-0.4, -0.2) is 27.5 Å². The van der Waals surface area contributed by atoms with E-state index in [0.717, 1.165) is 0 Å². The number of pyridine rings is 1. The number of halogens is 3. The number of aromatic nitrogens is 1. The Hall–Kier alpha value is -1.04. The summed E-state index contributed by atoms with van der Waals surface area (Å²) < 4.78 is 0. The van der Waals surface area contributed by atoms with E-state index in [-0.39, 0.29) is 27.2 Å². The van der Waals surface area contributed by atoms with Crippen LogP contribution in [0.2, 0.25) is 15.1 Å². The molecule has 0 aromatic carbocycles. The van der Waals surface area contributed by atoms with Gasteiger partial charge in [0.25, 0.3) is 5.91 Å². The maximum atomic E-state index is 12.0. The average molecular weight is 326 g/mol. The molecular formula is C11H11Cl3N2O3. The molecule has 0 radical (unpaired) electrons. The number of nitrogens with one attached hydrogen (secondary N) is 1. The number of aliphatic carboxylic acids is 1. The van der Waals surface area contributed by atoms with Gasteiger partial charge in [0.15, 0.2) is 0 Å². The molecule has 0 saturated heterocycles. The fourth-order valence-corrected chi connectivity index (χ4v) is 1.77. The Balaban J connectivity index is 3.09. The van der Waals surface area contributed by atoms with Gasteiger partial charge in [-0.15, -0.1) is 0 Å². The van der Waals surface area contributed by atoms with Crippen molar-refractivity contribution in [3.63, 3.8) is 0 Å². The predicted molar refractivity (Wildman–Crippen MR) is 73.1 cm³/mol. The molecule has 1 amide bonds. The summed E-state index contributed by atoms with van der Waals surface area (Å²) in [6.07, 6.45) is 1.38. The van der Waals surface area contributed by atoms with Crippen LogP contribution in [0.15, 0.2) is 6.20 Å². The van der Waals surface area contributed by atoms with Crippen molar-refractivity contribution >= 4 is 46.7 Å². The van der Waals surface area contributed by atoms with Gasteiger partial charge in [0, 0.05) is 6.20 Å². The first kappa shape index (κ1) is 16.0. The number of hydrogen-bond donors (Lipinski definition) is 2. The summed E-state index contributed by atoms with van der Waals surface area (Å²) in [6.45, 7) is 3.02. The third-order valence-corrected chi connectivity index (χ3v) is 3.94. The summed E-state index contributed by atoms with van der Waals surface area (Å²) in [5.41, 5.74) is -1.58. The average Bonchev–Trinajstić information content (AvgIpc) is 2.35. The fourth-order valence-electron chi connectivity index (χ4n) is 1.20. The van der Waals surface area contributed by atoms with Gasteiger partial charge >= 0.3 is 5.97 Å². The zero-order valence-corrected chi connectivity index (χ0v) is 12.4. The molecule has 1 heterocycles. The molecule has 0 fully saturated rings. The molecule has 0 spiro atoms. The highest BCUT2D eigenvalue weighted by atomic mass is 35.5. The molecule has 1 aromatic heterocycles. The Labute approximate surface area is 124 Å². The van der Waals surface area contributed by atoms with Crippen molar-refractivity contribution in [1.82, 2.24) is 10.3 Å². The first-order valence-electron chi connectivity index (χ1n) is 5.28. The van der Waals surface area contributed by atoms with Crippen molar-refractivity contribution < 1.29 is 14.7 Å². The Morgan fingerprint density at radius 1 is 1.37 bits per heavy atom. The number of carboxylic acids is 1. The third kappa shape index (κ3) is 3.29. The molecule has 19 heavy (non-hydrogen) atoms. The van der Waals surface area contributed by atoms with Crippen molar-refractivity contribution in [2.45, 2.75) is 25.8 Å². The van der Waals surface area contributed by atoms with Gasteiger partial charge in [-0.3, -0.25) is 4.79 Å². The molecule has 0 bridgehead atoms. The molecule has 0 aliphatic carbocycles. The standard InChI is InChI=1S/C11H11Cl3N2O3/c1-3-11(2,10(18)19)16-9(17)8-7(14)6(13)5(12)4-15-8/h4H,3H2,1-2H3,(H,16,17)(H,18,19). The van der Waals surface area contributed by atoms with E-state index in [9.17, 15) is 9.59 Å². The number of carbonyl (C=O) groups excluding carboxylic acids is 1. The summed E-state index contributed by atoms with van der Waals surface area (Å²) in [5, 5.41) is 11.4. The van der Waals surface area contributed by atoms with Crippen LogP contribution in [0, 0.1) is 0 Å². The van der Waals surface area contributed by atoms with Crippen LogP contribution < -0.4 is 5.32 Å². The molecule has 104 valence electrons. The van der Waals surface area contributed by atoms with Crippen LogP contribution in [0.4, 0.5) is 0 Å². The van der Waals surface area contributed by atoms with Gasteiger partial charge in [-0.2, -0.15) is 0 Å². The van der Waals surface area contributed by atoms with E-state index >= 15 is 0 Å². The molecule has 0 saturated carbocycles. The maximum Gasteiger partial charge on any atom is 0.329 e. The zero-order valence-electron chi connectivity index (χ0n) is 10.1. The van der Waals surface area contributed by atoms with E-state index in [1.165, 1.54) is 13.1 Å². The van der Waals surface area contributed by atoms with Gasteiger partial charge in [-0.1, -0.05) is 41.7 Å². The molecular weight excluding hydrogens is 314 g/mol. The second-order valence-corrected chi connectivity index (χ2v) is 5.19. The van der Waals surface area contributed by atoms with Gasteiger partial charge in [0.1, 0.15) is 11.2 Å². The van der Waals surface area contributed by atoms with Crippen molar-refractivity contribution in [3.8, 4) is 0 Å². The van der Waals surface area contributed by atoms with Crippen molar-refractivity contribution in [3.05, 3.63) is 27.0 Å². The van der Waals surface area contributed by atoms with Gasteiger partial charge in [0.2, 0.25) is 0 Å². The number of amides is 1. The Morgan fingerprint density at radius 2 is 1.95 bits per heavy atom. The number of carbonyl (C=O) groups is 2. The van der Waals surface area contributed by atoms with Gasteiger partial charge in [-0.25, -0.2) is 9.78 Å². The topological polar surface area (TPSA) is 79.3 Å². The van der Waals surface area contributed by atoms with E-state index < -0.39 is 17.4 Å². The number of nitrogens with zero attached hydrogens (tertiary/aromatic N) is 1. The number of hydrogen-bond acceptors (Lipinski definition) is 3. The Morgan fingerprint density at radius 3 is 2.42 bits per heavy atom. The predicted octanol–water partition coefficient (Wildman–Crippen LogP) is 3.02. The minimum atomic E-state index is -1.41. The van der Waals surface area contributed by atoms with Gasteiger partial charge in [-0.05, 0) is 13.3 Å². The summed E-state index contributed by atoms with van der Waals surface area (Å²) in [4.78, 5) is 26.9. The summed E-state index contributed by atoms with van der Waals surface area (Å²) in [5.74, 6) is -1.88. The van der Waals surface area contributed by atoms with Crippen LogP contribution in [0.25, 0.3) is 0 Å². The van der Waals surface area contributed by atoms with Crippen LogP contribution in [0.1, 0.15) is 30.8 Å². The molecule has 1 atom stereocenters. The van der Waals surface area contributed by atoms with Crippen LogP contribution in [-0.2, 0) is 4.79 Å². The zero-order chi connectivity index (χ0) is 14.8. The first-order valence-corrected chi connectivity index (χ1v) is 6.41. The molecule has 1 unspecified atom stereocenters. The summed E-state index contributed by atoms with van der Waals surface area (Å²) in [6, 6.07) is 0. The second kappa shape index (κ2) is 5.94. The molecule has 8 heteroatoms. The van der Waals surface area contributed by atoms with Crippen molar-refractivity contribution in [2.75, 3.05) is 0 Å². The number of carboxylic acid groups (broad SMARTS) is 1. The lowest BCUT2D eigenvalue weighted by molar-refractivity contribution is -0.143. The highest BCUT2D eigenvalue weighted by molar-refractivity contribution is 6.48. The molecule has 0 aliphatic heterocycles. The van der Waals surface area contributed by atoms with Gasteiger partial charge < -0.3 is 10.4 Å². The molecule has 2 N–H and O–H groups in total. The minimum Gasteiger partial charge on any atom is -0.480 e. The van der Waals surface area contributed by atoms with Crippen molar-refractivity contribution in [1.29, 1.82) is 0 Å². The largest absolute Gasteiger partial charge is 0.480 e. The lowest BCUT2D eigenvalue weighted by atomic mass is 9.99. The molecule has 1 rings (SSSR count). The van der Waals surface area contributed by atoms with Crippen LogP contribution in [0.3, 0.4) is 0 Å². The quantitative estimate of drug-likeness (QED) is 0.892. The minimum absolute atomic E-state index is 0.00277.